The summed E-state index contributed by atoms with van der Waals surface area (Å²) in [5, 5.41) is 16.2. The van der Waals surface area contributed by atoms with Gasteiger partial charge in [0.2, 0.25) is 0 Å². The molecule has 0 fully saturated rings. The Morgan fingerprint density at radius 1 is 1.40 bits per heavy atom. The number of rotatable bonds is 6. The molecule has 20 heavy (non-hydrogen) atoms. The molecule has 6 heteroatoms. The molecule has 1 aromatic heterocycles. The lowest BCUT2D eigenvalue weighted by atomic mass is 10.0. The van der Waals surface area contributed by atoms with Gasteiger partial charge in [0.25, 0.3) is 5.69 Å². The van der Waals surface area contributed by atoms with Crippen LogP contribution in [0.1, 0.15) is 24.1 Å². The van der Waals surface area contributed by atoms with Gasteiger partial charge < -0.3 is 5.32 Å². The van der Waals surface area contributed by atoms with Crippen LogP contribution in [0.25, 0.3) is 0 Å². The molecule has 2 aromatic rings. The number of halogens is 1. The molecule has 4 nitrogen and oxygen atoms in total. The minimum atomic E-state index is -0.373. The van der Waals surface area contributed by atoms with Gasteiger partial charge in [-0.05, 0) is 51.5 Å². The van der Waals surface area contributed by atoms with Crippen LogP contribution in [-0.2, 0) is 6.42 Å². The largest absolute Gasteiger partial charge is 0.310 e. The van der Waals surface area contributed by atoms with Crippen molar-refractivity contribution in [3.8, 4) is 0 Å². The topological polar surface area (TPSA) is 55.2 Å². The SMILES string of the molecule is CCNC(Cc1ccc([N+](=O)[O-])cc1)c1csc(Br)c1. The first-order chi connectivity index (χ1) is 9.60. The zero-order valence-corrected chi connectivity index (χ0v) is 13.4. The van der Waals surface area contributed by atoms with E-state index in [0.29, 0.717) is 0 Å². The third-order valence-electron chi connectivity index (χ3n) is 3.03. The van der Waals surface area contributed by atoms with Crippen molar-refractivity contribution < 1.29 is 4.92 Å². The van der Waals surface area contributed by atoms with Crippen LogP contribution in [0.15, 0.2) is 39.5 Å². The van der Waals surface area contributed by atoms with Gasteiger partial charge in [-0.15, -0.1) is 11.3 Å². The van der Waals surface area contributed by atoms with Crippen LogP contribution in [-0.4, -0.2) is 11.5 Å². The van der Waals surface area contributed by atoms with Gasteiger partial charge in [0.15, 0.2) is 0 Å². The summed E-state index contributed by atoms with van der Waals surface area (Å²) in [6, 6.07) is 9.10. The molecule has 0 aliphatic carbocycles. The zero-order valence-electron chi connectivity index (χ0n) is 11.0. The second kappa shape index (κ2) is 6.97. The molecule has 2 rings (SSSR count). The number of nitro benzene ring substituents is 1. The van der Waals surface area contributed by atoms with Crippen LogP contribution in [0.3, 0.4) is 0 Å². The van der Waals surface area contributed by atoms with E-state index in [9.17, 15) is 10.1 Å². The molecule has 1 N–H and O–H groups in total. The van der Waals surface area contributed by atoms with E-state index < -0.39 is 0 Å². The fraction of sp³-hybridized carbons (Fsp3) is 0.286. The monoisotopic (exact) mass is 354 g/mol. The van der Waals surface area contributed by atoms with E-state index in [4.69, 9.17) is 0 Å². The number of nitro groups is 1. The quantitative estimate of drug-likeness (QED) is 0.620. The molecule has 1 unspecified atom stereocenters. The molecule has 0 saturated heterocycles. The molecule has 0 aliphatic heterocycles. The molecule has 0 spiro atoms. The van der Waals surface area contributed by atoms with Crippen LogP contribution in [0.2, 0.25) is 0 Å². The summed E-state index contributed by atoms with van der Waals surface area (Å²) in [6.45, 7) is 2.95. The Bertz CT molecular complexity index is 583. The molecule has 0 saturated carbocycles. The third-order valence-corrected chi connectivity index (χ3v) is 4.55. The van der Waals surface area contributed by atoms with Crippen molar-refractivity contribution in [3.63, 3.8) is 0 Å². The summed E-state index contributed by atoms with van der Waals surface area (Å²) < 4.78 is 1.11. The number of hydrogen-bond acceptors (Lipinski definition) is 4. The summed E-state index contributed by atoms with van der Waals surface area (Å²) in [6.07, 6.45) is 0.814. The van der Waals surface area contributed by atoms with Gasteiger partial charge in [0.05, 0.1) is 8.71 Å². The fourth-order valence-corrected chi connectivity index (χ4v) is 3.28. The molecule has 0 aliphatic rings. The highest BCUT2D eigenvalue weighted by Gasteiger charge is 2.13. The number of non-ortho nitro benzene ring substituents is 1. The summed E-state index contributed by atoms with van der Waals surface area (Å²) in [7, 11) is 0. The zero-order chi connectivity index (χ0) is 14.5. The van der Waals surface area contributed by atoms with Crippen LogP contribution < -0.4 is 5.32 Å². The van der Waals surface area contributed by atoms with Crippen molar-refractivity contribution in [3.05, 3.63) is 60.7 Å². The van der Waals surface area contributed by atoms with Gasteiger partial charge in [-0.1, -0.05) is 19.1 Å². The Kier molecular flexibility index (Phi) is 5.28. The second-order valence-electron chi connectivity index (χ2n) is 4.42. The highest BCUT2D eigenvalue weighted by molar-refractivity contribution is 9.11. The van der Waals surface area contributed by atoms with Gasteiger partial charge in [-0.2, -0.15) is 0 Å². The minimum absolute atomic E-state index is 0.132. The molecular weight excluding hydrogens is 340 g/mol. The molecule has 1 aromatic carbocycles. The van der Waals surface area contributed by atoms with Gasteiger partial charge in [-0.3, -0.25) is 10.1 Å². The predicted octanol–water partition coefficient (Wildman–Crippen LogP) is 4.31. The Balaban J connectivity index is 2.13. The van der Waals surface area contributed by atoms with Crippen LogP contribution in [0.5, 0.6) is 0 Å². The number of likely N-dealkylation sites (N-methyl/N-ethyl adjacent to an activating group) is 1. The van der Waals surface area contributed by atoms with E-state index in [1.165, 1.54) is 5.56 Å². The van der Waals surface area contributed by atoms with E-state index in [1.807, 2.05) is 12.1 Å². The maximum atomic E-state index is 10.7. The van der Waals surface area contributed by atoms with Crippen LogP contribution >= 0.6 is 27.3 Å². The average Bonchev–Trinajstić information content (AvgIpc) is 2.85. The lowest BCUT2D eigenvalue weighted by molar-refractivity contribution is -0.384. The third kappa shape index (κ3) is 3.88. The van der Waals surface area contributed by atoms with Crippen LogP contribution in [0, 0.1) is 10.1 Å². The fourth-order valence-electron chi connectivity index (χ4n) is 2.05. The van der Waals surface area contributed by atoms with Gasteiger partial charge >= 0.3 is 0 Å². The number of nitrogens with zero attached hydrogens (tertiary/aromatic N) is 1. The van der Waals surface area contributed by atoms with Gasteiger partial charge in [0, 0.05) is 18.2 Å². The first kappa shape index (κ1) is 15.2. The van der Waals surface area contributed by atoms with Crippen molar-refractivity contribution in [2.24, 2.45) is 0 Å². The van der Waals surface area contributed by atoms with E-state index in [-0.39, 0.29) is 16.7 Å². The first-order valence-corrected chi connectivity index (χ1v) is 7.98. The molecule has 0 radical (unpaired) electrons. The molecule has 1 atom stereocenters. The standard InChI is InChI=1S/C14H15BrN2O2S/c1-2-16-13(11-8-14(15)20-9-11)7-10-3-5-12(6-4-10)17(18)19/h3-6,8-9,13,16H,2,7H2,1H3. The second-order valence-corrected chi connectivity index (χ2v) is 6.71. The van der Waals surface area contributed by atoms with Gasteiger partial charge in [0.1, 0.15) is 0 Å². The molecule has 0 bridgehead atoms. The average molecular weight is 355 g/mol. The van der Waals surface area contributed by atoms with Crippen molar-refractivity contribution >= 4 is 33.0 Å². The number of nitrogens with one attached hydrogen (secondary N) is 1. The van der Waals surface area contributed by atoms with Crippen LogP contribution in [0.4, 0.5) is 5.69 Å². The Morgan fingerprint density at radius 3 is 2.60 bits per heavy atom. The molecule has 106 valence electrons. The van der Waals surface area contributed by atoms with Crippen molar-refractivity contribution in [1.82, 2.24) is 5.32 Å². The Hall–Kier alpha value is -1.24. The first-order valence-electron chi connectivity index (χ1n) is 6.30. The maximum Gasteiger partial charge on any atom is 0.269 e. The summed E-state index contributed by atoms with van der Waals surface area (Å²) in [5.74, 6) is 0. The van der Waals surface area contributed by atoms with Crippen molar-refractivity contribution in [2.75, 3.05) is 6.54 Å². The van der Waals surface area contributed by atoms with Crippen molar-refractivity contribution in [2.45, 2.75) is 19.4 Å². The van der Waals surface area contributed by atoms with Crippen molar-refractivity contribution in [1.29, 1.82) is 0 Å². The summed E-state index contributed by atoms with van der Waals surface area (Å²) in [5.41, 5.74) is 2.46. The Labute approximate surface area is 130 Å². The normalized spacial score (nSPS) is 12.3. The number of thiophene rings is 1. The lowest BCUT2D eigenvalue weighted by Gasteiger charge is -2.16. The van der Waals surface area contributed by atoms with Gasteiger partial charge in [-0.25, -0.2) is 0 Å². The smallest absolute Gasteiger partial charge is 0.269 e. The summed E-state index contributed by atoms with van der Waals surface area (Å²) >= 11 is 5.14. The maximum absolute atomic E-state index is 10.7. The highest BCUT2D eigenvalue weighted by Crippen LogP contribution is 2.27. The van der Waals surface area contributed by atoms with E-state index in [0.717, 1.165) is 22.3 Å². The number of hydrogen-bond donors (Lipinski definition) is 1. The van der Waals surface area contributed by atoms with E-state index >= 15 is 0 Å². The number of benzene rings is 1. The molecule has 1 heterocycles. The summed E-state index contributed by atoms with van der Waals surface area (Å²) in [4.78, 5) is 10.3. The molecule has 0 amide bonds. The Morgan fingerprint density at radius 2 is 2.10 bits per heavy atom. The van der Waals surface area contributed by atoms with E-state index in [2.05, 4.69) is 39.6 Å². The predicted molar refractivity (Wildman–Crippen MR) is 85.2 cm³/mol. The lowest BCUT2D eigenvalue weighted by Crippen LogP contribution is -2.22. The highest BCUT2D eigenvalue weighted by atomic mass is 79.9. The molecular formula is C14H15BrN2O2S. The van der Waals surface area contributed by atoms with E-state index in [1.54, 1.807) is 23.5 Å². The minimum Gasteiger partial charge on any atom is -0.310 e.